The molecular weight excluding hydrogens is 480 g/mol. The van der Waals surface area contributed by atoms with Gasteiger partial charge in [-0.05, 0) is 23.5 Å². The Morgan fingerprint density at radius 2 is 1.49 bits per heavy atom. The Hall–Kier alpha value is -3.21. The van der Waals surface area contributed by atoms with E-state index < -0.39 is 6.23 Å². The molecule has 0 fully saturated rings. The molecule has 2 heterocycles. The average Bonchev–Trinajstić information content (AvgIpc) is 3.48. The largest absolute Gasteiger partial charge is 0.373 e. The molecule has 2 atom stereocenters. The van der Waals surface area contributed by atoms with Crippen molar-refractivity contribution in [3.63, 3.8) is 0 Å². The van der Waals surface area contributed by atoms with Gasteiger partial charge in [-0.3, -0.25) is 4.79 Å². The molecule has 0 bridgehead atoms. The van der Waals surface area contributed by atoms with E-state index in [4.69, 9.17) is 0 Å². The van der Waals surface area contributed by atoms with E-state index in [-0.39, 0.29) is 5.91 Å². The number of aliphatic hydroxyl groups is 1. The second kappa shape index (κ2) is 12.5. The van der Waals surface area contributed by atoms with Crippen LogP contribution in [0.3, 0.4) is 0 Å². The van der Waals surface area contributed by atoms with Crippen LogP contribution in [0.5, 0.6) is 0 Å². The van der Waals surface area contributed by atoms with Crippen molar-refractivity contribution >= 4 is 38.8 Å². The summed E-state index contributed by atoms with van der Waals surface area (Å²) in [5.74, 6) is 0.279. The molecule has 0 saturated carbocycles. The number of nitrogens with one attached hydrogen (secondary N) is 2. The van der Waals surface area contributed by atoms with E-state index in [2.05, 4.69) is 38.0 Å². The third kappa shape index (κ3) is 8.20. The molecular formula is C25H28N6O2S2. The van der Waals surface area contributed by atoms with Gasteiger partial charge in [-0.25, -0.2) is 0 Å². The van der Waals surface area contributed by atoms with Crippen LogP contribution in [0.25, 0.3) is 0 Å². The van der Waals surface area contributed by atoms with Crippen LogP contribution in [0.4, 0.5) is 10.3 Å². The minimum Gasteiger partial charge on any atom is -0.373 e. The normalized spacial score (nSPS) is 12.7. The van der Waals surface area contributed by atoms with E-state index in [1.807, 2.05) is 60.7 Å². The summed E-state index contributed by atoms with van der Waals surface area (Å²) in [7, 11) is 0. The molecule has 35 heavy (non-hydrogen) atoms. The van der Waals surface area contributed by atoms with Crippen molar-refractivity contribution in [2.45, 2.75) is 45.3 Å². The molecule has 4 rings (SSSR count). The maximum Gasteiger partial charge on any atom is 0.230 e. The Balaban J connectivity index is 1.18. The molecule has 8 nitrogen and oxygen atoms in total. The molecule has 0 spiro atoms. The van der Waals surface area contributed by atoms with Crippen LogP contribution >= 0.6 is 22.7 Å². The molecule has 4 aromatic rings. The predicted molar refractivity (Wildman–Crippen MR) is 140 cm³/mol. The van der Waals surface area contributed by atoms with Gasteiger partial charge in [-0.1, -0.05) is 90.3 Å². The standard InChI is InChI=1S/C25H28N6O2S2/c1-17(14-23-29-31-25(35-23)27-21(33)16-19-10-6-3-7-11-19)12-13-22-28-30-24(34-22)26-20(32)15-18-8-4-2-5-9-18/h2-11,17,20,32H,12-16H2,1H3,(H,26,30)(H,27,31,33). The van der Waals surface area contributed by atoms with E-state index in [0.29, 0.717) is 29.0 Å². The predicted octanol–water partition coefficient (Wildman–Crippen LogP) is 4.36. The molecule has 10 heteroatoms. The lowest BCUT2D eigenvalue weighted by Crippen LogP contribution is -2.21. The van der Waals surface area contributed by atoms with Crippen molar-refractivity contribution in [1.82, 2.24) is 20.4 Å². The Labute approximate surface area is 212 Å². The highest BCUT2D eigenvalue weighted by atomic mass is 32.1. The Morgan fingerprint density at radius 3 is 2.23 bits per heavy atom. The van der Waals surface area contributed by atoms with Gasteiger partial charge in [0, 0.05) is 19.3 Å². The summed E-state index contributed by atoms with van der Waals surface area (Å²) in [5, 5.41) is 35.9. The summed E-state index contributed by atoms with van der Waals surface area (Å²) in [6, 6.07) is 19.5. The summed E-state index contributed by atoms with van der Waals surface area (Å²) < 4.78 is 0. The van der Waals surface area contributed by atoms with Crippen molar-refractivity contribution in [3.8, 4) is 0 Å². The first kappa shape index (κ1) is 24.9. The summed E-state index contributed by atoms with van der Waals surface area (Å²) in [4.78, 5) is 12.2. The molecule has 0 aliphatic rings. The highest BCUT2D eigenvalue weighted by Gasteiger charge is 2.14. The maximum atomic E-state index is 12.2. The van der Waals surface area contributed by atoms with Gasteiger partial charge in [0.15, 0.2) is 0 Å². The van der Waals surface area contributed by atoms with E-state index in [1.165, 1.54) is 22.7 Å². The Morgan fingerprint density at radius 1 is 0.857 bits per heavy atom. The van der Waals surface area contributed by atoms with Gasteiger partial charge in [-0.15, -0.1) is 20.4 Å². The monoisotopic (exact) mass is 508 g/mol. The summed E-state index contributed by atoms with van der Waals surface area (Å²) in [6.07, 6.45) is 2.62. The lowest BCUT2D eigenvalue weighted by Gasteiger charge is -2.11. The van der Waals surface area contributed by atoms with Crippen LogP contribution in [0, 0.1) is 5.92 Å². The number of amides is 1. The molecule has 0 aliphatic heterocycles. The van der Waals surface area contributed by atoms with Crippen LogP contribution in [-0.4, -0.2) is 37.6 Å². The van der Waals surface area contributed by atoms with Gasteiger partial charge in [0.1, 0.15) is 16.2 Å². The Bertz CT molecular complexity index is 1200. The molecule has 1 amide bonds. The number of carbonyl (C=O) groups is 1. The minimum absolute atomic E-state index is 0.0958. The zero-order valence-electron chi connectivity index (χ0n) is 19.4. The second-order valence-electron chi connectivity index (χ2n) is 8.41. The lowest BCUT2D eigenvalue weighted by molar-refractivity contribution is -0.115. The summed E-state index contributed by atoms with van der Waals surface area (Å²) in [5.41, 5.74) is 2.02. The SMILES string of the molecule is CC(CCc1nnc(NC(O)Cc2ccccc2)s1)Cc1nnc(NC(=O)Cc2ccccc2)s1. The van der Waals surface area contributed by atoms with Crippen molar-refractivity contribution in [1.29, 1.82) is 0 Å². The number of aryl methyl sites for hydroxylation is 1. The van der Waals surface area contributed by atoms with Crippen LogP contribution < -0.4 is 10.6 Å². The molecule has 2 aromatic heterocycles. The first-order valence-electron chi connectivity index (χ1n) is 11.5. The lowest BCUT2D eigenvalue weighted by atomic mass is 10.0. The molecule has 0 saturated heterocycles. The minimum atomic E-state index is -0.711. The topological polar surface area (TPSA) is 113 Å². The highest BCUT2D eigenvalue weighted by Crippen LogP contribution is 2.23. The number of carbonyl (C=O) groups excluding carboxylic acids is 1. The van der Waals surface area contributed by atoms with Gasteiger partial charge in [0.2, 0.25) is 16.2 Å². The van der Waals surface area contributed by atoms with Gasteiger partial charge in [0.25, 0.3) is 0 Å². The van der Waals surface area contributed by atoms with Crippen molar-refractivity contribution in [3.05, 3.63) is 81.8 Å². The number of aromatic nitrogens is 4. The Kier molecular flexibility index (Phi) is 8.88. The van der Waals surface area contributed by atoms with Gasteiger partial charge in [0.05, 0.1) is 6.42 Å². The fourth-order valence-corrected chi connectivity index (χ4v) is 5.27. The third-order valence-corrected chi connectivity index (χ3v) is 7.10. The third-order valence-electron chi connectivity index (χ3n) is 5.32. The number of hydrogen-bond donors (Lipinski definition) is 3. The fourth-order valence-electron chi connectivity index (χ4n) is 3.55. The van der Waals surface area contributed by atoms with Gasteiger partial charge < -0.3 is 15.7 Å². The van der Waals surface area contributed by atoms with Crippen molar-refractivity contribution in [2.24, 2.45) is 5.92 Å². The number of anilines is 2. The number of benzene rings is 2. The van der Waals surface area contributed by atoms with Crippen LogP contribution in [-0.2, 0) is 30.5 Å². The quantitative estimate of drug-likeness (QED) is 0.244. The molecule has 3 N–H and O–H groups in total. The molecule has 0 radical (unpaired) electrons. The fraction of sp³-hybridized carbons (Fsp3) is 0.320. The zero-order chi connectivity index (χ0) is 24.5. The second-order valence-corrected chi connectivity index (χ2v) is 10.5. The van der Waals surface area contributed by atoms with E-state index in [0.717, 1.165) is 40.4 Å². The molecule has 2 unspecified atom stereocenters. The number of hydrogen-bond acceptors (Lipinski definition) is 9. The van der Waals surface area contributed by atoms with Gasteiger partial charge in [-0.2, -0.15) is 0 Å². The molecule has 182 valence electrons. The number of rotatable bonds is 12. The zero-order valence-corrected chi connectivity index (χ0v) is 21.1. The van der Waals surface area contributed by atoms with Crippen molar-refractivity contribution < 1.29 is 9.90 Å². The summed E-state index contributed by atoms with van der Waals surface area (Å²) in [6.45, 7) is 2.17. The van der Waals surface area contributed by atoms with E-state index >= 15 is 0 Å². The first-order chi connectivity index (χ1) is 17.0. The van der Waals surface area contributed by atoms with E-state index in [9.17, 15) is 9.90 Å². The average molecular weight is 509 g/mol. The number of aliphatic hydroxyl groups excluding tert-OH is 1. The summed E-state index contributed by atoms with van der Waals surface area (Å²) >= 11 is 2.88. The smallest absolute Gasteiger partial charge is 0.230 e. The number of nitrogens with zero attached hydrogens (tertiary/aromatic N) is 4. The van der Waals surface area contributed by atoms with E-state index in [1.54, 1.807) is 0 Å². The van der Waals surface area contributed by atoms with Crippen LogP contribution in [0.15, 0.2) is 60.7 Å². The molecule has 2 aromatic carbocycles. The van der Waals surface area contributed by atoms with Crippen LogP contribution in [0.1, 0.15) is 34.5 Å². The van der Waals surface area contributed by atoms with Gasteiger partial charge >= 0.3 is 0 Å². The van der Waals surface area contributed by atoms with Crippen molar-refractivity contribution in [2.75, 3.05) is 10.6 Å². The highest BCUT2D eigenvalue weighted by molar-refractivity contribution is 7.15. The maximum absolute atomic E-state index is 12.2. The van der Waals surface area contributed by atoms with Crippen LogP contribution in [0.2, 0.25) is 0 Å². The first-order valence-corrected chi connectivity index (χ1v) is 13.1. The molecule has 0 aliphatic carbocycles.